The van der Waals surface area contributed by atoms with Crippen molar-refractivity contribution in [3.05, 3.63) is 42.5 Å². The Bertz CT molecular complexity index is 969. The molecule has 0 spiro atoms. The summed E-state index contributed by atoms with van der Waals surface area (Å²) in [6.07, 6.45) is 0.654. The van der Waals surface area contributed by atoms with Crippen molar-refractivity contribution in [2.75, 3.05) is 25.2 Å². The highest BCUT2D eigenvalue weighted by Gasteiger charge is 2.62. The molecule has 1 unspecified atom stereocenters. The number of likely N-dealkylation sites (tertiary alicyclic amines) is 1. The van der Waals surface area contributed by atoms with E-state index in [1.165, 1.54) is 12.0 Å². The van der Waals surface area contributed by atoms with Gasteiger partial charge in [0.1, 0.15) is 12.6 Å². The van der Waals surface area contributed by atoms with Crippen molar-refractivity contribution in [2.24, 2.45) is 0 Å². The summed E-state index contributed by atoms with van der Waals surface area (Å²) in [7, 11) is 1.48. The average Bonchev–Trinajstić information content (AvgIpc) is 3.33. The number of anilines is 1. The predicted octanol–water partition coefficient (Wildman–Crippen LogP) is 1.61. The molecule has 3 saturated heterocycles. The Hall–Kier alpha value is -2.93. The number of nitrogens with zero attached hydrogens (tertiary/aromatic N) is 3. The molecule has 4 amide bonds. The summed E-state index contributed by atoms with van der Waals surface area (Å²) < 4.78 is 4.95. The third-order valence-electron chi connectivity index (χ3n) is 5.86. The van der Waals surface area contributed by atoms with Gasteiger partial charge in [-0.25, -0.2) is 9.69 Å². The minimum atomic E-state index is -0.601. The molecule has 0 radical (unpaired) electrons. The standard InChI is InChI=1S/C20H19N3O4/c1-27-11-17(24)21-10-13-9-16(21)18-19(25)23(20(26)22(13)18)15-8-4-6-12-5-2-3-7-14(12)15/h2-8,13,16,18H,9-11H2,1H3/t13-,16?,18-/m1/s1. The van der Waals surface area contributed by atoms with Crippen LogP contribution in [0.2, 0.25) is 0 Å². The maximum Gasteiger partial charge on any atom is 0.332 e. The van der Waals surface area contributed by atoms with Crippen LogP contribution >= 0.6 is 0 Å². The zero-order chi connectivity index (χ0) is 18.7. The van der Waals surface area contributed by atoms with Gasteiger partial charge in [-0.2, -0.15) is 0 Å². The first-order valence-electron chi connectivity index (χ1n) is 9.04. The van der Waals surface area contributed by atoms with Crippen molar-refractivity contribution >= 4 is 34.3 Å². The van der Waals surface area contributed by atoms with Gasteiger partial charge in [0, 0.05) is 19.0 Å². The lowest BCUT2D eigenvalue weighted by molar-refractivity contribution is -0.139. The van der Waals surface area contributed by atoms with E-state index in [1.807, 2.05) is 36.4 Å². The van der Waals surface area contributed by atoms with Gasteiger partial charge in [0.2, 0.25) is 5.91 Å². The molecule has 0 saturated carbocycles. The van der Waals surface area contributed by atoms with Gasteiger partial charge in [-0.1, -0.05) is 36.4 Å². The number of amides is 4. The molecular weight excluding hydrogens is 346 g/mol. The van der Waals surface area contributed by atoms with Crippen LogP contribution in [0.4, 0.5) is 10.5 Å². The molecule has 2 aromatic rings. The lowest BCUT2D eigenvalue weighted by Gasteiger charge is -2.34. The Morgan fingerprint density at radius 2 is 1.93 bits per heavy atom. The molecule has 5 rings (SSSR count). The molecular formula is C20H19N3O4. The second-order valence-electron chi connectivity index (χ2n) is 7.24. The maximum absolute atomic E-state index is 13.3. The van der Waals surface area contributed by atoms with Crippen LogP contribution in [0, 0.1) is 0 Å². The molecule has 7 heteroatoms. The molecule has 3 heterocycles. The number of rotatable bonds is 3. The molecule has 138 valence electrons. The molecule has 0 aromatic heterocycles. The minimum Gasteiger partial charge on any atom is -0.375 e. The smallest absolute Gasteiger partial charge is 0.332 e. The topological polar surface area (TPSA) is 70.2 Å². The fourth-order valence-corrected chi connectivity index (χ4v) is 4.78. The quantitative estimate of drug-likeness (QED) is 0.775. The Labute approximate surface area is 156 Å². The highest BCUT2D eigenvalue weighted by molar-refractivity contribution is 6.25. The summed E-state index contributed by atoms with van der Waals surface area (Å²) in [6, 6.07) is 12.0. The van der Waals surface area contributed by atoms with Crippen LogP contribution in [-0.2, 0) is 14.3 Å². The van der Waals surface area contributed by atoms with Crippen molar-refractivity contribution in [3.63, 3.8) is 0 Å². The van der Waals surface area contributed by atoms with Crippen molar-refractivity contribution in [3.8, 4) is 0 Å². The fraction of sp³-hybridized carbons (Fsp3) is 0.350. The lowest BCUT2D eigenvalue weighted by Crippen LogP contribution is -2.55. The number of carbonyl (C=O) groups excluding carboxylic acids is 3. The summed E-state index contributed by atoms with van der Waals surface area (Å²) >= 11 is 0. The fourth-order valence-electron chi connectivity index (χ4n) is 4.78. The first-order valence-corrected chi connectivity index (χ1v) is 9.04. The maximum atomic E-state index is 13.3. The van der Waals surface area contributed by atoms with Crippen molar-refractivity contribution in [2.45, 2.75) is 24.5 Å². The van der Waals surface area contributed by atoms with E-state index < -0.39 is 6.04 Å². The van der Waals surface area contributed by atoms with Crippen LogP contribution < -0.4 is 4.90 Å². The summed E-state index contributed by atoms with van der Waals surface area (Å²) in [5, 5.41) is 1.84. The van der Waals surface area contributed by atoms with Crippen LogP contribution in [0.3, 0.4) is 0 Å². The Kier molecular flexibility index (Phi) is 3.48. The number of carbonyl (C=O) groups is 3. The second kappa shape index (κ2) is 5.79. The average molecular weight is 365 g/mol. The zero-order valence-electron chi connectivity index (χ0n) is 14.9. The van der Waals surface area contributed by atoms with E-state index >= 15 is 0 Å². The molecule has 2 bridgehead atoms. The van der Waals surface area contributed by atoms with Crippen molar-refractivity contribution in [1.82, 2.24) is 9.80 Å². The Morgan fingerprint density at radius 1 is 1.15 bits per heavy atom. The van der Waals surface area contributed by atoms with E-state index in [1.54, 1.807) is 15.9 Å². The third-order valence-corrected chi connectivity index (χ3v) is 5.86. The molecule has 3 fully saturated rings. The number of hydrogen-bond acceptors (Lipinski definition) is 4. The van der Waals surface area contributed by atoms with Crippen LogP contribution in [0.25, 0.3) is 10.8 Å². The van der Waals surface area contributed by atoms with Gasteiger partial charge >= 0.3 is 6.03 Å². The van der Waals surface area contributed by atoms with Gasteiger partial charge in [0.25, 0.3) is 5.91 Å². The number of methoxy groups -OCH3 is 1. The number of hydrogen-bond donors (Lipinski definition) is 0. The van der Waals surface area contributed by atoms with E-state index in [0.29, 0.717) is 18.7 Å². The number of piperazine rings is 1. The molecule has 3 atom stereocenters. The van der Waals surface area contributed by atoms with Crippen molar-refractivity contribution in [1.29, 1.82) is 0 Å². The van der Waals surface area contributed by atoms with Gasteiger partial charge in [-0.05, 0) is 17.9 Å². The van der Waals surface area contributed by atoms with Crippen LogP contribution in [-0.4, -0.2) is 66.0 Å². The number of imide groups is 1. The third kappa shape index (κ3) is 2.15. The minimum absolute atomic E-state index is 0.00882. The van der Waals surface area contributed by atoms with Gasteiger partial charge in [0.05, 0.1) is 17.8 Å². The van der Waals surface area contributed by atoms with Gasteiger partial charge in [-0.3, -0.25) is 9.59 Å². The van der Waals surface area contributed by atoms with E-state index in [9.17, 15) is 14.4 Å². The first kappa shape index (κ1) is 16.3. The predicted molar refractivity (Wildman–Crippen MR) is 98.2 cm³/mol. The zero-order valence-corrected chi connectivity index (χ0v) is 14.9. The number of ether oxygens (including phenoxy) is 1. The van der Waals surface area contributed by atoms with Gasteiger partial charge in [0.15, 0.2) is 0 Å². The summed E-state index contributed by atoms with van der Waals surface area (Å²) in [5.74, 6) is -0.382. The molecule has 7 nitrogen and oxygen atoms in total. The van der Waals surface area contributed by atoms with Crippen LogP contribution in [0.1, 0.15) is 6.42 Å². The first-order chi connectivity index (χ1) is 13.1. The molecule has 3 aliphatic rings. The van der Waals surface area contributed by atoms with E-state index in [4.69, 9.17) is 4.74 Å². The van der Waals surface area contributed by atoms with Crippen molar-refractivity contribution < 1.29 is 19.1 Å². The lowest BCUT2D eigenvalue weighted by atomic mass is 10.1. The summed E-state index contributed by atoms with van der Waals surface area (Å²) in [4.78, 5) is 43.4. The van der Waals surface area contributed by atoms with Gasteiger partial charge in [-0.15, -0.1) is 0 Å². The largest absolute Gasteiger partial charge is 0.375 e. The summed E-state index contributed by atoms with van der Waals surface area (Å²) in [6.45, 7) is 0.455. The number of benzene rings is 2. The SMILES string of the molecule is COCC(=O)N1C[C@H]2CC1[C@@H]1C(=O)N(c3cccc4ccccc34)C(=O)N21. The summed E-state index contributed by atoms with van der Waals surface area (Å²) in [5.41, 5.74) is 0.603. The molecule has 3 aliphatic heterocycles. The molecule has 0 N–H and O–H groups in total. The van der Waals surface area contributed by atoms with E-state index in [0.717, 1.165) is 10.8 Å². The van der Waals surface area contributed by atoms with E-state index in [2.05, 4.69) is 0 Å². The molecule has 2 aromatic carbocycles. The Morgan fingerprint density at radius 3 is 2.74 bits per heavy atom. The van der Waals surface area contributed by atoms with Crippen LogP contribution in [0.15, 0.2) is 42.5 Å². The molecule has 27 heavy (non-hydrogen) atoms. The number of urea groups is 1. The normalized spacial score (nSPS) is 26.4. The highest BCUT2D eigenvalue weighted by atomic mass is 16.5. The van der Waals surface area contributed by atoms with Crippen LogP contribution in [0.5, 0.6) is 0 Å². The highest BCUT2D eigenvalue weighted by Crippen LogP contribution is 2.43. The van der Waals surface area contributed by atoms with Gasteiger partial charge < -0.3 is 14.5 Å². The molecule has 0 aliphatic carbocycles. The number of fused-ring (bicyclic) bond motifs is 6. The second-order valence-corrected chi connectivity index (χ2v) is 7.24. The van der Waals surface area contributed by atoms with E-state index in [-0.39, 0.29) is 36.5 Å². The monoisotopic (exact) mass is 365 g/mol. The Balaban J connectivity index is 1.53.